The summed E-state index contributed by atoms with van der Waals surface area (Å²) in [4.78, 5) is 12.4. The molecule has 1 aliphatic heterocycles. The molecule has 116 valence electrons. The molecule has 1 aliphatic rings. The maximum absolute atomic E-state index is 12.7. The Bertz CT molecular complexity index is 541. The van der Waals surface area contributed by atoms with E-state index in [0.29, 0.717) is 12.1 Å². The first-order valence-electron chi connectivity index (χ1n) is 5.36. The van der Waals surface area contributed by atoms with Gasteiger partial charge in [0.05, 0.1) is 17.0 Å². The minimum atomic E-state index is -4.95. The Hall–Kier alpha value is -1.09. The normalized spacial score (nSPS) is 20.2. The van der Waals surface area contributed by atoms with Crippen LogP contribution in [0.4, 0.5) is 32.0 Å². The van der Waals surface area contributed by atoms with E-state index < -0.39 is 39.8 Å². The fraction of sp³-hybridized carbons (Fsp3) is 0.364. The van der Waals surface area contributed by atoms with Crippen LogP contribution in [0.25, 0.3) is 0 Å². The highest BCUT2D eigenvalue weighted by atomic mass is 35.5. The van der Waals surface area contributed by atoms with Gasteiger partial charge in [0.25, 0.3) is 5.91 Å². The lowest BCUT2D eigenvalue weighted by atomic mass is 10.1. The van der Waals surface area contributed by atoms with Crippen LogP contribution >= 0.6 is 23.4 Å². The van der Waals surface area contributed by atoms with E-state index in [-0.39, 0.29) is 11.9 Å². The predicted octanol–water partition coefficient (Wildman–Crippen LogP) is 4.33. The third-order valence-corrected chi connectivity index (χ3v) is 4.16. The van der Waals surface area contributed by atoms with E-state index in [1.54, 1.807) is 0 Å². The molecule has 2 nitrogen and oxygen atoms in total. The highest BCUT2D eigenvalue weighted by Crippen LogP contribution is 2.40. The second-order valence-electron chi connectivity index (χ2n) is 4.14. The van der Waals surface area contributed by atoms with Crippen molar-refractivity contribution in [1.29, 1.82) is 0 Å². The van der Waals surface area contributed by atoms with Crippen molar-refractivity contribution in [2.24, 2.45) is 0 Å². The molecule has 1 saturated heterocycles. The molecule has 1 unspecified atom stereocenters. The van der Waals surface area contributed by atoms with Crippen LogP contribution in [0, 0.1) is 0 Å². The number of amides is 1. The Balaban J connectivity index is 2.53. The van der Waals surface area contributed by atoms with Gasteiger partial charge in [-0.25, -0.2) is 0 Å². The quantitative estimate of drug-likeness (QED) is 0.556. The second kappa shape index (κ2) is 5.28. The number of hydrogen-bond donors (Lipinski definition) is 0. The fourth-order valence-electron chi connectivity index (χ4n) is 1.69. The van der Waals surface area contributed by atoms with Crippen LogP contribution < -0.4 is 4.90 Å². The van der Waals surface area contributed by atoms with Crippen molar-refractivity contribution in [3.8, 4) is 0 Å². The van der Waals surface area contributed by atoms with Crippen molar-refractivity contribution >= 4 is 35.0 Å². The molecule has 0 spiro atoms. The molecule has 0 aliphatic carbocycles. The monoisotopic (exact) mass is 349 g/mol. The molecule has 1 atom stereocenters. The first kappa shape index (κ1) is 16.3. The molecule has 0 saturated carbocycles. The van der Waals surface area contributed by atoms with Crippen molar-refractivity contribution in [3.63, 3.8) is 0 Å². The number of anilines is 1. The van der Waals surface area contributed by atoms with Gasteiger partial charge in [-0.05, 0) is 18.2 Å². The number of nitrogens with zero attached hydrogens (tertiary/aromatic N) is 1. The highest BCUT2D eigenvalue weighted by molar-refractivity contribution is 8.02. The summed E-state index contributed by atoms with van der Waals surface area (Å²) in [6.07, 6.45) is -9.90. The molecule has 1 aromatic rings. The van der Waals surface area contributed by atoms with E-state index >= 15 is 0 Å². The Labute approximate surface area is 124 Å². The van der Waals surface area contributed by atoms with Gasteiger partial charge in [-0.1, -0.05) is 0 Å². The van der Waals surface area contributed by atoms with Gasteiger partial charge in [0.15, 0.2) is 4.71 Å². The second-order valence-corrected chi connectivity index (χ2v) is 5.90. The summed E-state index contributed by atoms with van der Waals surface area (Å²) in [6, 6.07) is 1.01. The van der Waals surface area contributed by atoms with Crippen molar-refractivity contribution in [1.82, 2.24) is 0 Å². The van der Waals surface area contributed by atoms with Gasteiger partial charge < -0.3 is 4.90 Å². The zero-order valence-corrected chi connectivity index (χ0v) is 11.5. The summed E-state index contributed by atoms with van der Waals surface area (Å²) in [5.74, 6) is -0.847. The van der Waals surface area contributed by atoms with Crippen LogP contribution in [0.5, 0.6) is 0 Å². The Morgan fingerprint density at radius 3 is 1.86 bits per heavy atom. The number of hydrogen-bond acceptors (Lipinski definition) is 2. The van der Waals surface area contributed by atoms with Gasteiger partial charge in [0.2, 0.25) is 0 Å². The number of benzene rings is 1. The molecule has 1 aromatic carbocycles. The average Bonchev–Trinajstić information content (AvgIpc) is 2.67. The number of carbonyl (C=O) groups is 1. The largest absolute Gasteiger partial charge is 0.416 e. The number of alkyl halides is 7. The van der Waals surface area contributed by atoms with E-state index in [0.717, 1.165) is 16.7 Å². The fourth-order valence-corrected chi connectivity index (χ4v) is 2.81. The highest BCUT2D eigenvalue weighted by Gasteiger charge is 2.39. The molecule has 1 amide bonds. The van der Waals surface area contributed by atoms with Crippen LogP contribution in [0.1, 0.15) is 11.1 Å². The van der Waals surface area contributed by atoms with E-state index in [1.165, 1.54) is 0 Å². The lowest BCUT2D eigenvalue weighted by Gasteiger charge is -2.19. The Morgan fingerprint density at radius 2 is 1.52 bits per heavy atom. The topological polar surface area (TPSA) is 20.3 Å². The summed E-state index contributed by atoms with van der Waals surface area (Å²) in [6.45, 7) is 0. The molecule has 10 heteroatoms. The van der Waals surface area contributed by atoms with Gasteiger partial charge in [0, 0.05) is 5.69 Å². The molecule has 2 rings (SSSR count). The molecular formula is C11H6ClF6NOS. The van der Waals surface area contributed by atoms with E-state index in [9.17, 15) is 31.1 Å². The van der Waals surface area contributed by atoms with Gasteiger partial charge in [-0.15, -0.1) is 23.4 Å². The predicted molar refractivity (Wildman–Crippen MR) is 66.0 cm³/mol. The maximum Gasteiger partial charge on any atom is 0.416 e. The molecule has 1 fully saturated rings. The number of thioether (sulfide) groups is 1. The average molecular weight is 350 g/mol. The smallest absolute Gasteiger partial charge is 0.301 e. The zero-order chi connectivity index (χ0) is 16.0. The molecule has 0 radical (unpaired) electrons. The lowest BCUT2D eigenvalue weighted by molar-refractivity contribution is -0.143. The van der Waals surface area contributed by atoms with Crippen molar-refractivity contribution in [2.75, 3.05) is 10.8 Å². The van der Waals surface area contributed by atoms with E-state index in [1.807, 2.05) is 0 Å². The first-order valence-corrected chi connectivity index (χ1v) is 6.85. The Kier molecular flexibility index (Phi) is 4.09. The van der Waals surface area contributed by atoms with Crippen LogP contribution in [0.3, 0.4) is 0 Å². The van der Waals surface area contributed by atoms with Gasteiger partial charge in [-0.3, -0.25) is 4.79 Å². The Morgan fingerprint density at radius 1 is 1.05 bits per heavy atom. The van der Waals surface area contributed by atoms with E-state index in [2.05, 4.69) is 0 Å². The van der Waals surface area contributed by atoms with Crippen molar-refractivity contribution in [2.45, 2.75) is 17.1 Å². The summed E-state index contributed by atoms with van der Waals surface area (Å²) in [7, 11) is 0. The third kappa shape index (κ3) is 3.39. The van der Waals surface area contributed by atoms with Gasteiger partial charge in [0.1, 0.15) is 0 Å². The van der Waals surface area contributed by atoms with Crippen LogP contribution in [0.15, 0.2) is 18.2 Å². The number of rotatable bonds is 1. The summed E-state index contributed by atoms with van der Waals surface area (Å²) < 4.78 is 75.1. The minimum absolute atomic E-state index is 0.00929. The molecular weight excluding hydrogens is 344 g/mol. The third-order valence-electron chi connectivity index (χ3n) is 2.69. The van der Waals surface area contributed by atoms with Crippen LogP contribution in [-0.4, -0.2) is 16.5 Å². The van der Waals surface area contributed by atoms with Crippen molar-refractivity contribution < 1.29 is 31.1 Å². The van der Waals surface area contributed by atoms with Crippen LogP contribution in [-0.2, 0) is 17.1 Å². The summed E-state index contributed by atoms with van der Waals surface area (Å²) in [5, 5.41) is 0. The molecule has 0 N–H and O–H groups in total. The van der Waals surface area contributed by atoms with Crippen LogP contribution in [0.2, 0.25) is 0 Å². The van der Waals surface area contributed by atoms with E-state index in [4.69, 9.17) is 11.6 Å². The summed E-state index contributed by atoms with van der Waals surface area (Å²) >= 11 is 6.51. The molecule has 21 heavy (non-hydrogen) atoms. The lowest BCUT2D eigenvalue weighted by Crippen LogP contribution is -2.28. The van der Waals surface area contributed by atoms with Crippen molar-refractivity contribution in [3.05, 3.63) is 29.3 Å². The zero-order valence-electron chi connectivity index (χ0n) is 9.93. The van der Waals surface area contributed by atoms with Gasteiger partial charge >= 0.3 is 12.4 Å². The molecule has 1 heterocycles. The number of halogens is 7. The standard InChI is InChI=1S/C11H6ClF6NOS/c12-8-9(20)19(4-21-8)7-2-5(10(13,14)15)1-6(3-7)11(16,17)18/h1-3,8H,4H2. The number of carbonyl (C=O) groups excluding carboxylic acids is 1. The first-order chi connectivity index (χ1) is 9.50. The summed E-state index contributed by atoms with van der Waals surface area (Å²) in [5.41, 5.74) is -3.41. The maximum atomic E-state index is 12.7. The minimum Gasteiger partial charge on any atom is -0.301 e. The molecule has 0 bridgehead atoms. The van der Waals surface area contributed by atoms with Gasteiger partial charge in [-0.2, -0.15) is 26.3 Å². The SMILES string of the molecule is O=C1C(Cl)SCN1c1cc(C(F)(F)F)cc(C(F)(F)F)c1. The molecule has 0 aromatic heterocycles.